The summed E-state index contributed by atoms with van der Waals surface area (Å²) >= 11 is 5.90. The van der Waals surface area contributed by atoms with Gasteiger partial charge in [-0.15, -0.1) is 0 Å². The van der Waals surface area contributed by atoms with Gasteiger partial charge in [0.15, 0.2) is 0 Å². The number of nitrogens with two attached hydrogens (primary N) is 1. The maximum Gasteiger partial charge on any atom is 0.313 e. The van der Waals surface area contributed by atoms with Crippen molar-refractivity contribution in [2.75, 3.05) is 17.6 Å². The molecule has 0 unspecified atom stereocenters. The second-order valence-corrected chi connectivity index (χ2v) is 5.04. The maximum atomic E-state index is 11.6. The molecule has 0 aliphatic rings. The number of anilines is 2. The van der Waals surface area contributed by atoms with Crippen LogP contribution in [0.25, 0.3) is 0 Å². The highest BCUT2D eigenvalue weighted by molar-refractivity contribution is 6.41. The minimum absolute atomic E-state index is 0.295. The van der Waals surface area contributed by atoms with Gasteiger partial charge in [-0.25, -0.2) is 0 Å². The van der Waals surface area contributed by atoms with Gasteiger partial charge in [0.25, 0.3) is 0 Å². The summed E-state index contributed by atoms with van der Waals surface area (Å²) in [4.78, 5) is 23.1. The minimum Gasteiger partial charge on any atom is -0.399 e. The molecule has 0 fully saturated rings. The molecule has 0 radical (unpaired) electrons. The van der Waals surface area contributed by atoms with Gasteiger partial charge in [-0.2, -0.15) is 0 Å². The van der Waals surface area contributed by atoms with Crippen LogP contribution in [0.5, 0.6) is 0 Å². The molecule has 0 aliphatic carbocycles. The third-order valence-electron chi connectivity index (χ3n) is 2.45. The van der Waals surface area contributed by atoms with Crippen molar-refractivity contribution in [3.63, 3.8) is 0 Å². The van der Waals surface area contributed by atoms with Crippen LogP contribution in [0, 0.1) is 5.92 Å². The first-order valence-electron chi connectivity index (χ1n) is 6.04. The van der Waals surface area contributed by atoms with Crippen LogP contribution >= 0.6 is 11.6 Å². The van der Waals surface area contributed by atoms with Crippen LogP contribution in [0.4, 0.5) is 11.4 Å². The molecule has 104 valence electrons. The Morgan fingerprint density at radius 2 is 2.00 bits per heavy atom. The average molecular weight is 284 g/mol. The van der Waals surface area contributed by atoms with Crippen molar-refractivity contribution < 1.29 is 9.59 Å². The first kappa shape index (κ1) is 15.3. The molecule has 5 nitrogen and oxygen atoms in total. The molecule has 0 atom stereocenters. The fourth-order valence-corrected chi connectivity index (χ4v) is 1.60. The van der Waals surface area contributed by atoms with E-state index in [0.717, 1.165) is 6.42 Å². The lowest BCUT2D eigenvalue weighted by Gasteiger charge is -2.09. The van der Waals surface area contributed by atoms with Crippen molar-refractivity contribution in [3.05, 3.63) is 23.2 Å². The van der Waals surface area contributed by atoms with Crippen LogP contribution in [0.15, 0.2) is 18.2 Å². The molecule has 0 spiro atoms. The highest BCUT2D eigenvalue weighted by Gasteiger charge is 2.14. The standard InChI is InChI=1S/C13H18ClN3O2/c1-8(2)5-6-16-12(18)13(19)17-11-4-3-9(15)7-10(11)14/h3-4,7-8H,5-6,15H2,1-2H3,(H,16,18)(H,17,19). The number of nitrogens with one attached hydrogen (secondary N) is 2. The number of carbonyl (C=O) groups is 2. The Balaban J connectivity index is 2.52. The number of amides is 2. The van der Waals surface area contributed by atoms with Crippen LogP contribution in [0.3, 0.4) is 0 Å². The van der Waals surface area contributed by atoms with Gasteiger partial charge < -0.3 is 16.4 Å². The lowest BCUT2D eigenvalue weighted by atomic mass is 10.1. The van der Waals surface area contributed by atoms with E-state index in [2.05, 4.69) is 10.6 Å². The topological polar surface area (TPSA) is 84.2 Å². The zero-order chi connectivity index (χ0) is 14.4. The number of hydrogen-bond donors (Lipinski definition) is 3. The highest BCUT2D eigenvalue weighted by Crippen LogP contribution is 2.23. The summed E-state index contributed by atoms with van der Waals surface area (Å²) in [5, 5.41) is 5.28. The summed E-state index contributed by atoms with van der Waals surface area (Å²) in [5.41, 5.74) is 6.39. The third-order valence-corrected chi connectivity index (χ3v) is 2.77. The molecule has 1 aromatic carbocycles. The van der Waals surface area contributed by atoms with E-state index in [-0.39, 0.29) is 0 Å². The summed E-state index contributed by atoms with van der Waals surface area (Å²) in [6.45, 7) is 4.56. The lowest BCUT2D eigenvalue weighted by molar-refractivity contribution is -0.136. The normalized spacial score (nSPS) is 10.3. The molecule has 0 heterocycles. The molecule has 1 rings (SSSR count). The van der Waals surface area contributed by atoms with Crippen molar-refractivity contribution in [2.45, 2.75) is 20.3 Å². The van der Waals surface area contributed by atoms with E-state index in [4.69, 9.17) is 17.3 Å². The zero-order valence-electron chi connectivity index (χ0n) is 11.0. The summed E-state index contributed by atoms with van der Waals surface area (Å²) in [7, 11) is 0. The second-order valence-electron chi connectivity index (χ2n) is 4.63. The van der Waals surface area contributed by atoms with Crippen molar-refractivity contribution in [1.82, 2.24) is 5.32 Å². The van der Waals surface area contributed by atoms with Gasteiger partial charge in [-0.3, -0.25) is 9.59 Å². The Morgan fingerprint density at radius 3 is 2.58 bits per heavy atom. The smallest absolute Gasteiger partial charge is 0.313 e. The number of nitrogen functional groups attached to an aromatic ring is 1. The molecule has 19 heavy (non-hydrogen) atoms. The Hall–Kier alpha value is -1.75. The van der Waals surface area contributed by atoms with Gasteiger partial charge in [0.2, 0.25) is 0 Å². The fraction of sp³-hybridized carbons (Fsp3) is 0.385. The number of carbonyl (C=O) groups excluding carboxylic acids is 2. The van der Waals surface area contributed by atoms with E-state index in [1.54, 1.807) is 12.1 Å². The first-order chi connectivity index (χ1) is 8.90. The molecule has 0 saturated heterocycles. The molecule has 1 aromatic rings. The average Bonchev–Trinajstić information content (AvgIpc) is 2.32. The van der Waals surface area contributed by atoms with E-state index in [0.29, 0.717) is 28.9 Å². The molecule has 6 heteroatoms. The number of rotatable bonds is 4. The van der Waals surface area contributed by atoms with E-state index in [9.17, 15) is 9.59 Å². The Bertz CT molecular complexity index is 475. The largest absolute Gasteiger partial charge is 0.399 e. The Morgan fingerprint density at radius 1 is 1.32 bits per heavy atom. The van der Waals surface area contributed by atoms with Gasteiger partial charge >= 0.3 is 11.8 Å². The fourth-order valence-electron chi connectivity index (χ4n) is 1.37. The Labute approximate surface area is 117 Å². The first-order valence-corrected chi connectivity index (χ1v) is 6.42. The van der Waals surface area contributed by atoms with Gasteiger partial charge in [-0.05, 0) is 30.5 Å². The van der Waals surface area contributed by atoms with Gasteiger partial charge in [0.05, 0.1) is 10.7 Å². The minimum atomic E-state index is -0.740. The van der Waals surface area contributed by atoms with Crippen LogP contribution in [-0.4, -0.2) is 18.4 Å². The number of benzene rings is 1. The molecular weight excluding hydrogens is 266 g/mol. The zero-order valence-corrected chi connectivity index (χ0v) is 11.8. The van der Waals surface area contributed by atoms with E-state index in [1.807, 2.05) is 13.8 Å². The quantitative estimate of drug-likeness (QED) is 0.584. The van der Waals surface area contributed by atoms with Crippen molar-refractivity contribution in [3.8, 4) is 0 Å². The van der Waals surface area contributed by atoms with Crippen molar-refractivity contribution in [1.29, 1.82) is 0 Å². The predicted molar refractivity (Wildman–Crippen MR) is 77.0 cm³/mol. The van der Waals surface area contributed by atoms with E-state index in [1.165, 1.54) is 6.07 Å². The van der Waals surface area contributed by atoms with Crippen molar-refractivity contribution in [2.24, 2.45) is 5.92 Å². The van der Waals surface area contributed by atoms with Crippen LogP contribution in [-0.2, 0) is 9.59 Å². The van der Waals surface area contributed by atoms with Gasteiger partial charge in [0, 0.05) is 12.2 Å². The number of hydrogen-bond acceptors (Lipinski definition) is 3. The van der Waals surface area contributed by atoms with Crippen molar-refractivity contribution >= 4 is 34.8 Å². The third kappa shape index (κ3) is 5.18. The molecule has 2 amide bonds. The van der Waals surface area contributed by atoms with Crippen LogP contribution < -0.4 is 16.4 Å². The molecule has 0 aromatic heterocycles. The van der Waals surface area contributed by atoms with E-state index >= 15 is 0 Å². The van der Waals surface area contributed by atoms with Crippen LogP contribution in [0.1, 0.15) is 20.3 Å². The van der Waals surface area contributed by atoms with Gasteiger partial charge in [-0.1, -0.05) is 25.4 Å². The monoisotopic (exact) mass is 283 g/mol. The second kappa shape index (κ2) is 6.99. The highest BCUT2D eigenvalue weighted by atomic mass is 35.5. The lowest BCUT2D eigenvalue weighted by Crippen LogP contribution is -2.36. The Kier molecular flexibility index (Phi) is 5.63. The molecule has 0 aliphatic heterocycles. The number of halogens is 1. The van der Waals surface area contributed by atoms with Crippen LogP contribution in [0.2, 0.25) is 5.02 Å². The molecule has 4 N–H and O–H groups in total. The molecule has 0 bridgehead atoms. The summed E-state index contributed by atoms with van der Waals surface area (Å²) in [6, 6.07) is 4.66. The summed E-state index contributed by atoms with van der Waals surface area (Å²) in [6.07, 6.45) is 0.821. The molecular formula is C13H18ClN3O2. The SMILES string of the molecule is CC(C)CCNC(=O)C(=O)Nc1ccc(N)cc1Cl. The predicted octanol–water partition coefficient (Wildman–Crippen LogP) is 2.02. The summed E-state index contributed by atoms with van der Waals surface area (Å²) in [5.74, 6) is -0.945. The summed E-state index contributed by atoms with van der Waals surface area (Å²) < 4.78 is 0. The molecule has 0 saturated carbocycles. The van der Waals surface area contributed by atoms with Gasteiger partial charge in [0.1, 0.15) is 0 Å². The van der Waals surface area contributed by atoms with E-state index < -0.39 is 11.8 Å². The maximum absolute atomic E-state index is 11.6.